The zero-order valence-corrected chi connectivity index (χ0v) is 32.5. The van der Waals surface area contributed by atoms with Crippen molar-refractivity contribution in [3.63, 3.8) is 0 Å². The fraction of sp³-hybridized carbons (Fsp3) is 0.897. The lowest BCUT2D eigenvalue weighted by Crippen LogP contribution is -2.32. The van der Waals surface area contributed by atoms with Crippen LogP contribution in [0.4, 0.5) is 0 Å². The van der Waals surface area contributed by atoms with Crippen LogP contribution < -0.4 is 5.73 Å². The first kappa shape index (κ1) is 47.9. The number of carbonyl (C=O) groups excluding carboxylic acids is 2. The number of Topliss-reactive ketones (excluding diaryl/α,β-unsaturated/α-hetero) is 1. The molecule has 4 N–H and O–H groups in total. The van der Waals surface area contributed by atoms with Crippen LogP contribution in [-0.4, -0.2) is 53.7 Å². The minimum atomic E-state index is -4.66. The van der Waals surface area contributed by atoms with Crippen molar-refractivity contribution in [3.05, 3.63) is 12.2 Å². The van der Waals surface area contributed by atoms with E-state index >= 15 is 0 Å². The fourth-order valence-electron chi connectivity index (χ4n) is 5.79. The molecule has 0 saturated heterocycles. The maximum absolute atomic E-state index is 12.6. The number of hydrogen-bond acceptors (Lipinski definition) is 8. The van der Waals surface area contributed by atoms with Gasteiger partial charge in [-0.1, -0.05) is 154 Å². The normalized spacial score (nSPS) is 14.2. The number of allylic oxidation sites excluding steroid dienone is 2. The summed E-state index contributed by atoms with van der Waals surface area (Å²) in [5.41, 5.74) is 5.66. The highest BCUT2D eigenvalue weighted by atomic mass is 31.2. The lowest BCUT2D eigenvalue weighted by molar-refractivity contribution is -0.153. The molecule has 0 aliphatic carbocycles. The maximum Gasteiger partial charge on any atom is 0.473 e. The number of unbranched alkanes of at least 4 members (excludes halogenated alkanes) is 23. The molecule has 0 aromatic rings. The molecule has 0 saturated carbocycles. The minimum absolute atomic E-state index is 0.199. The van der Waals surface area contributed by atoms with E-state index in [1.165, 1.54) is 103 Å². The molecule has 0 heterocycles. The number of ether oxygens (including phenoxy) is 1. The lowest BCUT2D eigenvalue weighted by Gasteiger charge is -2.21. The van der Waals surface area contributed by atoms with Gasteiger partial charge in [-0.05, 0) is 38.5 Å². The van der Waals surface area contributed by atoms with Gasteiger partial charge in [0.15, 0.2) is 5.78 Å². The van der Waals surface area contributed by atoms with Crippen LogP contribution in [0.3, 0.4) is 0 Å². The Hall–Kier alpha value is -1.09. The Morgan fingerprint density at radius 3 is 1.49 bits per heavy atom. The standard InChI is InChI=1S/C39H76NO8P/c1-3-5-7-9-11-13-15-17-18-20-22-24-26-28-30-32-39(43)47-36(34-41)35-46-49(44,45)48-38(33-40)37(42)31-29-27-25-23-21-19-16-14-12-10-8-6-4-2/h17-18,36,38,41H,3-16,19-35,40H2,1-2H3,(H,44,45)/b18-17-/t36-,38?/m1/s1. The molecule has 0 spiro atoms. The van der Waals surface area contributed by atoms with E-state index in [4.69, 9.17) is 19.5 Å². The summed E-state index contributed by atoms with van der Waals surface area (Å²) in [6.45, 7) is 3.12. The summed E-state index contributed by atoms with van der Waals surface area (Å²) < 4.78 is 27.7. The molecule has 3 atom stereocenters. The largest absolute Gasteiger partial charge is 0.473 e. The topological polar surface area (TPSA) is 145 Å². The quantitative estimate of drug-likeness (QED) is 0.0246. The molecule has 0 bridgehead atoms. The third-order valence-electron chi connectivity index (χ3n) is 8.93. The molecule has 9 nitrogen and oxygen atoms in total. The number of hydrogen-bond donors (Lipinski definition) is 3. The molecular weight excluding hydrogens is 641 g/mol. The molecule has 10 heteroatoms. The first-order valence-electron chi connectivity index (χ1n) is 20.1. The van der Waals surface area contributed by atoms with Crippen molar-refractivity contribution in [2.45, 2.75) is 206 Å². The van der Waals surface area contributed by atoms with Crippen molar-refractivity contribution >= 4 is 19.6 Å². The molecule has 0 fully saturated rings. The molecule has 0 aromatic heterocycles. The van der Waals surface area contributed by atoms with Gasteiger partial charge in [0.2, 0.25) is 0 Å². The van der Waals surface area contributed by atoms with Gasteiger partial charge in [-0.25, -0.2) is 4.57 Å². The lowest BCUT2D eigenvalue weighted by atomic mass is 10.0. The zero-order chi connectivity index (χ0) is 36.3. The summed E-state index contributed by atoms with van der Waals surface area (Å²) in [5, 5.41) is 9.59. The van der Waals surface area contributed by atoms with Crippen LogP contribution in [0.25, 0.3) is 0 Å². The second kappa shape index (κ2) is 35.3. The maximum atomic E-state index is 12.6. The van der Waals surface area contributed by atoms with Gasteiger partial charge in [0.05, 0.1) is 13.2 Å². The summed E-state index contributed by atoms with van der Waals surface area (Å²) >= 11 is 0. The van der Waals surface area contributed by atoms with Crippen molar-refractivity contribution in [2.24, 2.45) is 5.73 Å². The van der Waals surface area contributed by atoms with Gasteiger partial charge in [-0.2, -0.15) is 0 Å². The highest BCUT2D eigenvalue weighted by Gasteiger charge is 2.31. The number of aliphatic hydroxyl groups excluding tert-OH is 1. The van der Waals surface area contributed by atoms with Gasteiger partial charge >= 0.3 is 13.8 Å². The molecule has 0 amide bonds. The number of phosphoric ester groups is 1. The van der Waals surface area contributed by atoms with Crippen LogP contribution in [-0.2, 0) is 27.9 Å². The molecule has 290 valence electrons. The van der Waals surface area contributed by atoms with Crippen molar-refractivity contribution in [1.29, 1.82) is 0 Å². The van der Waals surface area contributed by atoms with E-state index < -0.39 is 39.2 Å². The van der Waals surface area contributed by atoms with Crippen LogP contribution in [0.2, 0.25) is 0 Å². The van der Waals surface area contributed by atoms with E-state index in [1.54, 1.807) is 0 Å². The zero-order valence-electron chi connectivity index (χ0n) is 31.6. The number of esters is 1. The van der Waals surface area contributed by atoms with Gasteiger partial charge in [0.25, 0.3) is 0 Å². The number of aliphatic hydroxyl groups is 1. The van der Waals surface area contributed by atoms with Crippen LogP contribution in [0.1, 0.15) is 194 Å². The number of phosphoric acid groups is 1. The van der Waals surface area contributed by atoms with Gasteiger partial charge in [0, 0.05) is 19.4 Å². The summed E-state index contributed by atoms with van der Waals surface area (Å²) in [4.78, 5) is 35.0. The first-order valence-corrected chi connectivity index (χ1v) is 21.6. The fourth-order valence-corrected chi connectivity index (χ4v) is 6.73. The number of rotatable bonds is 38. The Morgan fingerprint density at radius 1 is 0.653 bits per heavy atom. The molecule has 0 aromatic carbocycles. The van der Waals surface area contributed by atoms with E-state index in [1.807, 2.05) is 0 Å². The van der Waals surface area contributed by atoms with E-state index in [-0.39, 0.29) is 25.2 Å². The van der Waals surface area contributed by atoms with Crippen LogP contribution in [0.15, 0.2) is 12.2 Å². The van der Waals surface area contributed by atoms with E-state index in [2.05, 4.69) is 26.0 Å². The summed E-state index contributed by atoms with van der Waals surface area (Å²) in [6.07, 6.45) is 33.3. The number of ketones is 1. The van der Waals surface area contributed by atoms with E-state index in [0.29, 0.717) is 12.8 Å². The van der Waals surface area contributed by atoms with Gasteiger partial charge in [-0.15, -0.1) is 0 Å². The van der Waals surface area contributed by atoms with E-state index in [0.717, 1.165) is 51.4 Å². The molecule has 0 aliphatic heterocycles. The SMILES string of the molecule is CCCCCCCC/C=C\CCCCCCCC(=O)O[C@H](CO)COP(=O)(O)OC(CN)C(=O)CCCCCCCCCCCCCCC. The van der Waals surface area contributed by atoms with Gasteiger partial charge in [-0.3, -0.25) is 18.6 Å². The van der Waals surface area contributed by atoms with Crippen LogP contribution in [0.5, 0.6) is 0 Å². The highest BCUT2D eigenvalue weighted by molar-refractivity contribution is 7.47. The first-order chi connectivity index (χ1) is 23.8. The monoisotopic (exact) mass is 718 g/mol. The van der Waals surface area contributed by atoms with Crippen molar-refractivity contribution in [1.82, 2.24) is 0 Å². The van der Waals surface area contributed by atoms with Gasteiger partial charge < -0.3 is 20.5 Å². The smallest absolute Gasteiger partial charge is 0.457 e. The summed E-state index contributed by atoms with van der Waals surface area (Å²) in [6, 6.07) is 0. The molecule has 0 rings (SSSR count). The Balaban J connectivity index is 3.99. The van der Waals surface area contributed by atoms with Gasteiger partial charge in [0.1, 0.15) is 12.2 Å². The molecule has 0 radical (unpaired) electrons. The predicted molar refractivity (Wildman–Crippen MR) is 201 cm³/mol. The Labute approximate surface area is 300 Å². The number of carbonyl (C=O) groups is 2. The second-order valence-corrected chi connectivity index (χ2v) is 15.1. The Kier molecular flexibility index (Phi) is 34.5. The second-order valence-electron chi connectivity index (χ2n) is 13.7. The van der Waals surface area contributed by atoms with Crippen molar-refractivity contribution in [3.8, 4) is 0 Å². The van der Waals surface area contributed by atoms with Crippen LogP contribution >= 0.6 is 7.82 Å². The Morgan fingerprint density at radius 2 is 1.06 bits per heavy atom. The Bertz CT molecular complexity index is 840. The molecule has 49 heavy (non-hydrogen) atoms. The van der Waals surface area contributed by atoms with Crippen molar-refractivity contribution < 1.29 is 37.9 Å². The third-order valence-corrected chi connectivity index (χ3v) is 9.92. The molecular formula is C39H76NO8P. The predicted octanol–water partition coefficient (Wildman–Crippen LogP) is 10.4. The van der Waals surface area contributed by atoms with Crippen LogP contribution in [0, 0.1) is 0 Å². The third kappa shape index (κ3) is 32.6. The minimum Gasteiger partial charge on any atom is -0.457 e. The highest BCUT2D eigenvalue weighted by Crippen LogP contribution is 2.45. The average molecular weight is 718 g/mol. The number of nitrogens with two attached hydrogens (primary N) is 1. The van der Waals surface area contributed by atoms with Crippen molar-refractivity contribution in [2.75, 3.05) is 19.8 Å². The summed E-state index contributed by atoms with van der Waals surface area (Å²) in [7, 11) is -4.66. The molecule has 0 aliphatic rings. The average Bonchev–Trinajstić information content (AvgIpc) is 3.09. The summed E-state index contributed by atoms with van der Waals surface area (Å²) in [5.74, 6) is -0.838. The molecule has 2 unspecified atom stereocenters. The van der Waals surface area contributed by atoms with E-state index in [9.17, 15) is 24.2 Å².